The second-order valence-electron chi connectivity index (χ2n) is 4.59. The molecule has 0 aromatic rings. The molecule has 4 heteroatoms. The Balaban J connectivity index is 2.07. The summed E-state index contributed by atoms with van der Waals surface area (Å²) in [6.07, 6.45) is 5.07. The van der Waals surface area contributed by atoms with Gasteiger partial charge >= 0.3 is 0 Å². The molecule has 15 heavy (non-hydrogen) atoms. The number of hydrogen-bond donors (Lipinski definition) is 2. The molecule has 1 saturated heterocycles. The van der Waals surface area contributed by atoms with Crippen LogP contribution in [0.2, 0.25) is 0 Å². The van der Waals surface area contributed by atoms with Crippen LogP contribution in [0.4, 0.5) is 8.78 Å². The number of hydrogen-bond acceptors (Lipinski definition) is 2. The summed E-state index contributed by atoms with van der Waals surface area (Å²) in [6.45, 7) is 0.872. The summed E-state index contributed by atoms with van der Waals surface area (Å²) in [5, 5.41) is 13.5. The summed E-state index contributed by atoms with van der Waals surface area (Å²) >= 11 is 0. The summed E-state index contributed by atoms with van der Waals surface area (Å²) in [6, 6.07) is -0.0569. The van der Waals surface area contributed by atoms with Crippen molar-refractivity contribution in [3.8, 4) is 0 Å². The smallest absolute Gasteiger partial charge is 0.266 e. The molecule has 1 fully saturated rings. The lowest BCUT2D eigenvalue weighted by atomic mass is 9.80. The number of rotatable bonds is 1. The Hall–Kier alpha value is -0.480. The van der Waals surface area contributed by atoms with Crippen LogP contribution < -0.4 is 5.32 Å². The lowest BCUT2D eigenvalue weighted by Crippen LogP contribution is -2.53. The summed E-state index contributed by atoms with van der Waals surface area (Å²) in [7, 11) is 0. The van der Waals surface area contributed by atoms with Crippen molar-refractivity contribution in [1.29, 1.82) is 0 Å². The molecule has 1 aliphatic carbocycles. The van der Waals surface area contributed by atoms with Crippen LogP contribution in [-0.2, 0) is 0 Å². The topological polar surface area (TPSA) is 32.3 Å². The minimum Gasteiger partial charge on any atom is -0.384 e. The highest BCUT2D eigenvalue weighted by Gasteiger charge is 2.42. The molecule has 2 nitrogen and oxygen atoms in total. The van der Waals surface area contributed by atoms with E-state index in [1.807, 2.05) is 0 Å². The standard InChI is InChI=1S/C11H17F2NO/c12-11(13)6-4-10(15,5-7-11)9-3-1-2-8-14-9/h4,6,9,14-15H,1-3,5,7-8H2. The third kappa shape index (κ3) is 2.37. The summed E-state index contributed by atoms with van der Waals surface area (Å²) < 4.78 is 25.8. The molecule has 0 spiro atoms. The van der Waals surface area contributed by atoms with Crippen LogP contribution in [-0.4, -0.2) is 29.2 Å². The molecule has 1 heterocycles. The first-order chi connectivity index (χ1) is 7.02. The largest absolute Gasteiger partial charge is 0.384 e. The van der Waals surface area contributed by atoms with Crippen molar-refractivity contribution in [2.24, 2.45) is 0 Å². The van der Waals surface area contributed by atoms with E-state index in [1.54, 1.807) is 0 Å². The number of halogens is 2. The summed E-state index contributed by atoms with van der Waals surface area (Å²) in [5.74, 6) is -2.74. The Labute approximate surface area is 88.4 Å². The van der Waals surface area contributed by atoms with Crippen molar-refractivity contribution in [3.05, 3.63) is 12.2 Å². The highest BCUT2D eigenvalue weighted by molar-refractivity contribution is 5.15. The van der Waals surface area contributed by atoms with Crippen LogP contribution in [0.15, 0.2) is 12.2 Å². The van der Waals surface area contributed by atoms with Crippen molar-refractivity contribution >= 4 is 0 Å². The molecule has 0 aromatic heterocycles. The monoisotopic (exact) mass is 217 g/mol. The molecule has 2 unspecified atom stereocenters. The Bertz CT molecular complexity index is 261. The van der Waals surface area contributed by atoms with Gasteiger partial charge in [0.2, 0.25) is 0 Å². The maximum Gasteiger partial charge on any atom is 0.266 e. The van der Waals surface area contributed by atoms with Gasteiger partial charge in [-0.15, -0.1) is 0 Å². The molecule has 1 aliphatic heterocycles. The van der Waals surface area contributed by atoms with Crippen LogP contribution in [0.25, 0.3) is 0 Å². The van der Waals surface area contributed by atoms with E-state index in [9.17, 15) is 13.9 Å². The SMILES string of the molecule is OC1(C2CCCCN2)C=CC(F)(F)CC1. The van der Waals surface area contributed by atoms with E-state index < -0.39 is 11.5 Å². The van der Waals surface area contributed by atoms with E-state index in [-0.39, 0.29) is 18.9 Å². The fourth-order valence-electron chi connectivity index (χ4n) is 2.37. The van der Waals surface area contributed by atoms with E-state index >= 15 is 0 Å². The maximum absolute atomic E-state index is 12.9. The van der Waals surface area contributed by atoms with Gasteiger partial charge in [-0.25, -0.2) is 8.78 Å². The highest BCUT2D eigenvalue weighted by Crippen LogP contribution is 2.36. The van der Waals surface area contributed by atoms with Gasteiger partial charge in [-0.3, -0.25) is 0 Å². The predicted octanol–water partition coefficient (Wildman–Crippen LogP) is 1.84. The van der Waals surface area contributed by atoms with Gasteiger partial charge < -0.3 is 10.4 Å². The van der Waals surface area contributed by atoms with E-state index in [4.69, 9.17) is 0 Å². The molecular formula is C11H17F2NO. The lowest BCUT2D eigenvalue weighted by Gasteiger charge is -2.40. The van der Waals surface area contributed by atoms with Crippen molar-refractivity contribution in [1.82, 2.24) is 5.32 Å². The fraction of sp³-hybridized carbons (Fsp3) is 0.818. The van der Waals surface area contributed by atoms with Crippen LogP contribution in [0, 0.1) is 0 Å². The van der Waals surface area contributed by atoms with Gasteiger partial charge in [-0.05, 0) is 38.0 Å². The molecule has 86 valence electrons. The Morgan fingerprint density at radius 3 is 2.53 bits per heavy atom. The molecule has 0 aromatic carbocycles. The summed E-state index contributed by atoms with van der Waals surface area (Å²) in [4.78, 5) is 0. The average Bonchev–Trinajstić information content (AvgIpc) is 2.24. The number of piperidine rings is 1. The molecular weight excluding hydrogens is 200 g/mol. The van der Waals surface area contributed by atoms with Gasteiger partial charge in [0.15, 0.2) is 0 Å². The maximum atomic E-state index is 12.9. The van der Waals surface area contributed by atoms with Gasteiger partial charge in [0.25, 0.3) is 5.92 Å². The Morgan fingerprint density at radius 1 is 1.20 bits per heavy atom. The van der Waals surface area contributed by atoms with Crippen molar-refractivity contribution in [2.75, 3.05) is 6.54 Å². The zero-order chi connectivity index (χ0) is 10.9. The molecule has 0 saturated carbocycles. The second kappa shape index (κ2) is 3.83. The fourth-order valence-corrected chi connectivity index (χ4v) is 2.37. The second-order valence-corrected chi connectivity index (χ2v) is 4.59. The third-order valence-electron chi connectivity index (χ3n) is 3.39. The molecule has 2 aliphatic rings. The predicted molar refractivity (Wildman–Crippen MR) is 53.9 cm³/mol. The first kappa shape index (κ1) is 11.0. The Morgan fingerprint density at radius 2 is 2.00 bits per heavy atom. The van der Waals surface area contributed by atoms with Crippen molar-refractivity contribution < 1.29 is 13.9 Å². The minimum absolute atomic E-state index is 0.0569. The summed E-state index contributed by atoms with van der Waals surface area (Å²) in [5.41, 5.74) is -1.07. The zero-order valence-corrected chi connectivity index (χ0v) is 8.68. The first-order valence-corrected chi connectivity index (χ1v) is 5.56. The van der Waals surface area contributed by atoms with E-state index in [0.717, 1.165) is 31.9 Å². The highest BCUT2D eigenvalue weighted by atomic mass is 19.3. The van der Waals surface area contributed by atoms with Gasteiger partial charge in [0, 0.05) is 12.5 Å². The molecule has 2 N–H and O–H groups in total. The average molecular weight is 217 g/mol. The van der Waals surface area contributed by atoms with E-state index in [2.05, 4.69) is 5.32 Å². The molecule has 0 amide bonds. The number of nitrogens with one attached hydrogen (secondary N) is 1. The number of allylic oxidation sites excluding steroid dienone is 1. The molecule has 0 bridgehead atoms. The number of alkyl halides is 2. The van der Waals surface area contributed by atoms with Gasteiger partial charge in [0.05, 0.1) is 5.60 Å². The van der Waals surface area contributed by atoms with E-state index in [1.165, 1.54) is 6.08 Å². The first-order valence-electron chi connectivity index (χ1n) is 5.56. The van der Waals surface area contributed by atoms with Gasteiger partial charge in [0.1, 0.15) is 0 Å². The Kier molecular flexibility index (Phi) is 2.81. The van der Waals surface area contributed by atoms with Crippen LogP contribution in [0.5, 0.6) is 0 Å². The number of aliphatic hydroxyl groups is 1. The normalized spacial score (nSPS) is 40.3. The minimum atomic E-state index is -2.74. The molecule has 2 rings (SSSR count). The molecule has 0 radical (unpaired) electrons. The van der Waals surface area contributed by atoms with Crippen LogP contribution in [0.3, 0.4) is 0 Å². The third-order valence-corrected chi connectivity index (χ3v) is 3.39. The van der Waals surface area contributed by atoms with E-state index in [0.29, 0.717) is 0 Å². The van der Waals surface area contributed by atoms with Crippen molar-refractivity contribution in [3.63, 3.8) is 0 Å². The molecule has 2 atom stereocenters. The van der Waals surface area contributed by atoms with Crippen LogP contribution >= 0.6 is 0 Å². The lowest BCUT2D eigenvalue weighted by molar-refractivity contribution is -0.0317. The quantitative estimate of drug-likeness (QED) is 0.657. The van der Waals surface area contributed by atoms with Gasteiger partial charge in [-0.1, -0.05) is 6.42 Å². The van der Waals surface area contributed by atoms with Gasteiger partial charge in [-0.2, -0.15) is 0 Å². The van der Waals surface area contributed by atoms with Crippen LogP contribution in [0.1, 0.15) is 32.1 Å². The van der Waals surface area contributed by atoms with Crippen molar-refractivity contribution in [2.45, 2.75) is 49.7 Å². The zero-order valence-electron chi connectivity index (χ0n) is 8.68.